The molecular formula is C13H24O2. The van der Waals surface area contributed by atoms with E-state index in [9.17, 15) is 0 Å². The molecular weight excluding hydrogens is 188 g/mol. The zero-order valence-electron chi connectivity index (χ0n) is 10.7. The Kier molecular flexibility index (Phi) is 13.9. The molecule has 0 aliphatic carbocycles. The molecule has 0 saturated heterocycles. The van der Waals surface area contributed by atoms with Crippen LogP contribution in [0.2, 0.25) is 0 Å². The van der Waals surface area contributed by atoms with Gasteiger partial charge in [-0.3, -0.25) is 0 Å². The maximum atomic E-state index is 5.32. The fraction of sp³-hybridized carbons (Fsp3) is 0.538. The van der Waals surface area contributed by atoms with Gasteiger partial charge >= 0.3 is 0 Å². The summed E-state index contributed by atoms with van der Waals surface area (Å²) in [5.74, 6) is 1.50. The van der Waals surface area contributed by atoms with Crippen LogP contribution in [0.25, 0.3) is 0 Å². The highest BCUT2D eigenvalue weighted by molar-refractivity contribution is 5.24. The van der Waals surface area contributed by atoms with E-state index in [1.807, 2.05) is 46.8 Å². The molecule has 0 amide bonds. The van der Waals surface area contributed by atoms with Crippen LogP contribution in [-0.2, 0) is 9.47 Å². The van der Waals surface area contributed by atoms with E-state index in [-0.39, 0.29) is 0 Å². The molecule has 1 heterocycles. The van der Waals surface area contributed by atoms with E-state index in [1.54, 1.807) is 6.08 Å². The van der Waals surface area contributed by atoms with Crippen molar-refractivity contribution in [1.29, 1.82) is 0 Å². The van der Waals surface area contributed by atoms with E-state index in [0.29, 0.717) is 13.2 Å². The van der Waals surface area contributed by atoms with E-state index in [2.05, 4.69) is 6.58 Å². The van der Waals surface area contributed by atoms with E-state index in [1.165, 1.54) is 0 Å². The third-order valence-corrected chi connectivity index (χ3v) is 1.34. The van der Waals surface area contributed by atoms with Crippen LogP contribution in [0.3, 0.4) is 0 Å². The van der Waals surface area contributed by atoms with Gasteiger partial charge in [-0.2, -0.15) is 0 Å². The minimum Gasteiger partial charge on any atom is -0.486 e. The van der Waals surface area contributed by atoms with Crippen molar-refractivity contribution < 1.29 is 9.47 Å². The monoisotopic (exact) mass is 212 g/mol. The van der Waals surface area contributed by atoms with Crippen molar-refractivity contribution in [3.8, 4) is 0 Å². The highest BCUT2D eigenvalue weighted by atomic mass is 16.6. The van der Waals surface area contributed by atoms with Gasteiger partial charge in [-0.1, -0.05) is 40.3 Å². The molecule has 0 aromatic rings. The molecule has 0 N–H and O–H groups in total. The summed E-state index contributed by atoms with van der Waals surface area (Å²) in [5, 5.41) is 0. The van der Waals surface area contributed by atoms with Gasteiger partial charge in [-0.15, -0.1) is 0 Å². The van der Waals surface area contributed by atoms with Crippen LogP contribution >= 0.6 is 0 Å². The third-order valence-electron chi connectivity index (χ3n) is 1.34. The fourth-order valence-corrected chi connectivity index (χ4v) is 0.887. The summed E-state index contributed by atoms with van der Waals surface area (Å²) in [7, 11) is 0. The quantitative estimate of drug-likeness (QED) is 0.687. The third kappa shape index (κ3) is 6.83. The van der Waals surface area contributed by atoms with Gasteiger partial charge in [-0.25, -0.2) is 0 Å². The Morgan fingerprint density at radius 3 is 1.87 bits per heavy atom. The lowest BCUT2D eigenvalue weighted by atomic mass is 10.3. The summed E-state index contributed by atoms with van der Waals surface area (Å²) in [6.07, 6.45) is 5.44. The molecule has 0 bridgehead atoms. The highest BCUT2D eigenvalue weighted by Crippen LogP contribution is 2.14. The molecule has 88 valence electrons. The first-order valence-electron chi connectivity index (χ1n) is 5.63. The zero-order valence-corrected chi connectivity index (χ0v) is 10.7. The van der Waals surface area contributed by atoms with Gasteiger partial charge in [0, 0.05) is 0 Å². The van der Waals surface area contributed by atoms with Gasteiger partial charge in [0.2, 0.25) is 0 Å². The Bertz CT molecular complexity index is 203. The molecule has 15 heavy (non-hydrogen) atoms. The standard InChI is InChI=1S/C9H12O2.2C2H6/c1-3-5-9-8(4-2)10-6-7-11-9;2*1-2/h3-5H,2,6-7H2,1H3;2*1-2H3/b5-3-;;. The normalized spacial score (nSPS) is 13.9. The number of hydrogen-bond donors (Lipinski definition) is 0. The fourth-order valence-electron chi connectivity index (χ4n) is 0.887. The van der Waals surface area contributed by atoms with Crippen LogP contribution in [0.15, 0.2) is 36.3 Å². The van der Waals surface area contributed by atoms with Gasteiger partial charge in [0.1, 0.15) is 13.2 Å². The molecule has 0 radical (unpaired) electrons. The predicted molar refractivity (Wildman–Crippen MR) is 66.6 cm³/mol. The van der Waals surface area contributed by atoms with Gasteiger partial charge in [0.15, 0.2) is 11.5 Å². The van der Waals surface area contributed by atoms with Gasteiger partial charge in [0.25, 0.3) is 0 Å². The Morgan fingerprint density at radius 2 is 1.47 bits per heavy atom. The Morgan fingerprint density at radius 1 is 1.00 bits per heavy atom. The summed E-state index contributed by atoms with van der Waals surface area (Å²) in [4.78, 5) is 0. The van der Waals surface area contributed by atoms with Crippen LogP contribution in [-0.4, -0.2) is 13.2 Å². The molecule has 0 aromatic carbocycles. The first-order chi connectivity index (χ1) is 7.38. The van der Waals surface area contributed by atoms with Crippen LogP contribution in [0.1, 0.15) is 34.6 Å². The molecule has 0 atom stereocenters. The molecule has 0 aromatic heterocycles. The lowest BCUT2D eigenvalue weighted by Crippen LogP contribution is -2.11. The predicted octanol–water partition coefficient (Wildman–Crippen LogP) is 4.06. The maximum Gasteiger partial charge on any atom is 0.161 e. The Hall–Kier alpha value is -1.18. The summed E-state index contributed by atoms with van der Waals surface area (Å²) < 4.78 is 10.6. The van der Waals surface area contributed by atoms with Gasteiger partial charge in [-0.05, 0) is 19.1 Å². The number of hydrogen-bond acceptors (Lipinski definition) is 2. The van der Waals surface area contributed by atoms with Crippen LogP contribution in [0, 0.1) is 0 Å². The minimum atomic E-state index is 0.613. The maximum absolute atomic E-state index is 5.32. The topological polar surface area (TPSA) is 18.5 Å². The Labute approximate surface area is 94.3 Å². The number of rotatable bonds is 2. The second kappa shape index (κ2) is 12.8. The van der Waals surface area contributed by atoms with Crippen molar-refractivity contribution in [3.05, 3.63) is 36.3 Å². The molecule has 0 saturated carbocycles. The molecule has 0 spiro atoms. The largest absolute Gasteiger partial charge is 0.486 e. The SMILES string of the molecule is C=CC1=C(/C=C\C)OCCO1.CC.CC. The van der Waals surface area contributed by atoms with Crippen molar-refractivity contribution in [2.45, 2.75) is 34.6 Å². The molecule has 2 heteroatoms. The second-order valence-electron chi connectivity index (χ2n) is 2.13. The van der Waals surface area contributed by atoms with Crippen molar-refractivity contribution >= 4 is 0 Å². The van der Waals surface area contributed by atoms with Crippen LogP contribution in [0.4, 0.5) is 0 Å². The van der Waals surface area contributed by atoms with E-state index in [0.717, 1.165) is 11.5 Å². The summed E-state index contributed by atoms with van der Waals surface area (Å²) >= 11 is 0. The van der Waals surface area contributed by atoms with E-state index in [4.69, 9.17) is 9.47 Å². The summed E-state index contributed by atoms with van der Waals surface area (Å²) in [6.45, 7) is 14.8. The van der Waals surface area contributed by atoms with Gasteiger partial charge < -0.3 is 9.47 Å². The van der Waals surface area contributed by atoms with E-state index >= 15 is 0 Å². The van der Waals surface area contributed by atoms with Crippen molar-refractivity contribution in [2.75, 3.05) is 13.2 Å². The van der Waals surface area contributed by atoms with Crippen molar-refractivity contribution in [2.24, 2.45) is 0 Å². The minimum absolute atomic E-state index is 0.613. The molecule has 2 nitrogen and oxygen atoms in total. The second-order valence-corrected chi connectivity index (χ2v) is 2.13. The molecule has 1 rings (SSSR count). The number of allylic oxidation sites excluding steroid dienone is 3. The highest BCUT2D eigenvalue weighted by Gasteiger charge is 2.08. The molecule has 0 unspecified atom stereocenters. The van der Waals surface area contributed by atoms with Crippen molar-refractivity contribution in [3.63, 3.8) is 0 Å². The molecule has 0 fully saturated rings. The number of ether oxygens (including phenoxy) is 2. The average molecular weight is 212 g/mol. The molecule has 1 aliphatic heterocycles. The van der Waals surface area contributed by atoms with Crippen LogP contribution < -0.4 is 0 Å². The summed E-state index contributed by atoms with van der Waals surface area (Å²) in [6, 6.07) is 0. The lowest BCUT2D eigenvalue weighted by Gasteiger charge is -2.17. The lowest BCUT2D eigenvalue weighted by molar-refractivity contribution is 0.0769. The average Bonchev–Trinajstić information content (AvgIpc) is 2.35. The van der Waals surface area contributed by atoms with Gasteiger partial charge in [0.05, 0.1) is 0 Å². The smallest absolute Gasteiger partial charge is 0.161 e. The van der Waals surface area contributed by atoms with Crippen LogP contribution in [0.5, 0.6) is 0 Å². The van der Waals surface area contributed by atoms with Crippen molar-refractivity contribution in [1.82, 2.24) is 0 Å². The first-order valence-corrected chi connectivity index (χ1v) is 5.63. The Balaban J connectivity index is 0. The first kappa shape index (κ1) is 16.3. The zero-order chi connectivity index (χ0) is 12.1. The van der Waals surface area contributed by atoms with E-state index < -0.39 is 0 Å². The summed E-state index contributed by atoms with van der Waals surface area (Å²) in [5.41, 5.74) is 0. The molecule has 1 aliphatic rings.